The summed E-state index contributed by atoms with van der Waals surface area (Å²) in [5.41, 5.74) is 4.01. The maximum Gasteiger partial charge on any atom is 0.248 e. The molecule has 0 atom stereocenters. The molecule has 0 unspecified atom stereocenters. The summed E-state index contributed by atoms with van der Waals surface area (Å²) in [6, 6.07) is 18.0. The van der Waals surface area contributed by atoms with Crippen LogP contribution in [0.1, 0.15) is 31.9 Å². The zero-order valence-corrected chi connectivity index (χ0v) is 14.8. The van der Waals surface area contributed by atoms with Gasteiger partial charge >= 0.3 is 0 Å². The van der Waals surface area contributed by atoms with Gasteiger partial charge in [0, 0.05) is 11.5 Å². The molecule has 25 heavy (non-hydrogen) atoms. The first kappa shape index (κ1) is 16.9. The fraction of sp³-hybridized carbons (Fsp3) is 0.182. The van der Waals surface area contributed by atoms with Crippen LogP contribution >= 0.6 is 0 Å². The highest BCUT2D eigenvalue weighted by Gasteiger charge is 2.12. The predicted octanol–water partition coefficient (Wildman–Crippen LogP) is 5.18. The van der Waals surface area contributed by atoms with Crippen molar-refractivity contribution in [1.29, 1.82) is 0 Å². The molecule has 0 fully saturated rings. The van der Waals surface area contributed by atoms with Gasteiger partial charge in [0.1, 0.15) is 0 Å². The normalized spacial score (nSPS) is 11.8. The van der Waals surface area contributed by atoms with Crippen molar-refractivity contribution >= 4 is 28.6 Å². The van der Waals surface area contributed by atoms with Crippen LogP contribution in [0.5, 0.6) is 0 Å². The summed E-state index contributed by atoms with van der Waals surface area (Å²) in [6.45, 7) is 6.55. The number of amides is 1. The van der Waals surface area contributed by atoms with Crippen molar-refractivity contribution in [3.63, 3.8) is 0 Å². The van der Waals surface area contributed by atoms with Gasteiger partial charge in [-0.25, -0.2) is 0 Å². The van der Waals surface area contributed by atoms with E-state index in [1.54, 1.807) is 12.3 Å². The molecule has 3 rings (SSSR count). The van der Waals surface area contributed by atoms with E-state index in [0.717, 1.165) is 16.5 Å². The standard InChI is InChI=1S/C22H22N2O/c1-22(2,3)18-11-8-16(9-12-18)10-13-21(25)24-19-14-17-6-4-5-7-20(17)23-15-19/h4-15H,1-3H3,(H,24,25). The average molecular weight is 330 g/mol. The van der Waals surface area contributed by atoms with Crippen LogP contribution in [-0.4, -0.2) is 10.9 Å². The number of hydrogen-bond acceptors (Lipinski definition) is 2. The quantitative estimate of drug-likeness (QED) is 0.672. The number of para-hydroxylation sites is 1. The molecular formula is C22H22N2O. The third-order valence-electron chi connectivity index (χ3n) is 4.06. The summed E-state index contributed by atoms with van der Waals surface area (Å²) in [5, 5.41) is 3.85. The highest BCUT2D eigenvalue weighted by atomic mass is 16.1. The molecule has 1 aromatic heterocycles. The van der Waals surface area contributed by atoms with Crippen molar-refractivity contribution in [2.45, 2.75) is 26.2 Å². The van der Waals surface area contributed by atoms with E-state index in [1.165, 1.54) is 5.56 Å². The second kappa shape index (κ2) is 6.89. The first-order valence-corrected chi connectivity index (χ1v) is 8.36. The van der Waals surface area contributed by atoms with Crippen LogP contribution in [0.15, 0.2) is 66.9 Å². The van der Waals surface area contributed by atoms with Crippen molar-refractivity contribution in [1.82, 2.24) is 4.98 Å². The van der Waals surface area contributed by atoms with Gasteiger partial charge in [-0.3, -0.25) is 9.78 Å². The smallest absolute Gasteiger partial charge is 0.248 e. The number of nitrogens with one attached hydrogen (secondary N) is 1. The summed E-state index contributed by atoms with van der Waals surface area (Å²) in [7, 11) is 0. The molecule has 1 heterocycles. The van der Waals surface area contributed by atoms with Gasteiger partial charge < -0.3 is 5.32 Å². The van der Waals surface area contributed by atoms with Crippen molar-refractivity contribution < 1.29 is 4.79 Å². The number of carbonyl (C=O) groups is 1. The lowest BCUT2D eigenvalue weighted by Crippen LogP contribution is -2.10. The Morgan fingerprint density at radius 1 is 1.04 bits per heavy atom. The number of anilines is 1. The Morgan fingerprint density at radius 3 is 2.48 bits per heavy atom. The molecule has 0 saturated carbocycles. The Kier molecular flexibility index (Phi) is 4.66. The van der Waals surface area contributed by atoms with Crippen LogP contribution in [0.2, 0.25) is 0 Å². The molecular weight excluding hydrogens is 308 g/mol. The lowest BCUT2D eigenvalue weighted by molar-refractivity contribution is -0.111. The van der Waals surface area contributed by atoms with E-state index in [0.29, 0.717) is 5.69 Å². The summed E-state index contributed by atoms with van der Waals surface area (Å²) < 4.78 is 0. The van der Waals surface area contributed by atoms with Crippen molar-refractivity contribution in [2.24, 2.45) is 0 Å². The zero-order valence-electron chi connectivity index (χ0n) is 14.8. The molecule has 2 aromatic carbocycles. The maximum absolute atomic E-state index is 12.1. The molecule has 0 radical (unpaired) electrons. The number of carbonyl (C=O) groups excluding carboxylic acids is 1. The third kappa shape index (κ3) is 4.32. The van der Waals surface area contributed by atoms with E-state index in [1.807, 2.05) is 48.5 Å². The first-order valence-electron chi connectivity index (χ1n) is 8.36. The Bertz CT molecular complexity index is 919. The maximum atomic E-state index is 12.1. The Morgan fingerprint density at radius 2 is 1.76 bits per heavy atom. The summed E-state index contributed by atoms with van der Waals surface area (Å²) >= 11 is 0. The van der Waals surface area contributed by atoms with Crippen molar-refractivity contribution in [2.75, 3.05) is 5.32 Å². The third-order valence-corrected chi connectivity index (χ3v) is 4.06. The zero-order chi connectivity index (χ0) is 17.9. The van der Waals surface area contributed by atoms with E-state index in [2.05, 4.69) is 43.2 Å². The minimum Gasteiger partial charge on any atom is -0.321 e. The molecule has 1 amide bonds. The monoisotopic (exact) mass is 330 g/mol. The molecule has 3 heteroatoms. The largest absolute Gasteiger partial charge is 0.321 e. The highest BCUT2D eigenvalue weighted by Crippen LogP contribution is 2.22. The number of nitrogens with zero attached hydrogens (tertiary/aromatic N) is 1. The Balaban J connectivity index is 1.67. The van der Waals surface area contributed by atoms with Gasteiger partial charge in [0.2, 0.25) is 5.91 Å². The number of aromatic nitrogens is 1. The lowest BCUT2D eigenvalue weighted by Gasteiger charge is -2.18. The van der Waals surface area contributed by atoms with Crippen LogP contribution in [0, 0.1) is 0 Å². The summed E-state index contributed by atoms with van der Waals surface area (Å²) in [4.78, 5) is 16.5. The van der Waals surface area contributed by atoms with Crippen LogP contribution in [-0.2, 0) is 10.2 Å². The summed E-state index contributed by atoms with van der Waals surface area (Å²) in [6.07, 6.45) is 5.03. The van der Waals surface area contributed by atoms with Gasteiger partial charge in [-0.15, -0.1) is 0 Å². The van der Waals surface area contributed by atoms with Gasteiger partial charge in [-0.2, -0.15) is 0 Å². The molecule has 0 saturated heterocycles. The molecule has 0 aliphatic rings. The van der Waals surface area contributed by atoms with Crippen molar-refractivity contribution in [3.05, 3.63) is 78.0 Å². The molecule has 0 aliphatic carbocycles. The minimum absolute atomic E-state index is 0.128. The Hall–Kier alpha value is -2.94. The average Bonchev–Trinajstić information content (AvgIpc) is 2.59. The molecule has 1 N–H and O–H groups in total. The van der Waals surface area contributed by atoms with E-state index in [-0.39, 0.29) is 11.3 Å². The van der Waals surface area contributed by atoms with Crippen LogP contribution in [0.4, 0.5) is 5.69 Å². The SMILES string of the molecule is CC(C)(C)c1ccc(C=CC(=O)Nc2cnc3ccccc3c2)cc1. The fourth-order valence-electron chi connectivity index (χ4n) is 2.59. The predicted molar refractivity (Wildman–Crippen MR) is 105 cm³/mol. The highest BCUT2D eigenvalue weighted by molar-refractivity contribution is 6.02. The molecule has 0 aliphatic heterocycles. The second-order valence-electron chi connectivity index (χ2n) is 7.11. The van der Waals surface area contributed by atoms with Gasteiger partial charge in [0.15, 0.2) is 0 Å². The minimum atomic E-state index is -0.169. The van der Waals surface area contributed by atoms with Crippen LogP contribution in [0.3, 0.4) is 0 Å². The van der Waals surface area contributed by atoms with Gasteiger partial charge in [-0.05, 0) is 34.8 Å². The van der Waals surface area contributed by atoms with Gasteiger partial charge in [-0.1, -0.05) is 63.2 Å². The molecule has 0 bridgehead atoms. The molecule has 126 valence electrons. The summed E-state index contributed by atoms with van der Waals surface area (Å²) in [5.74, 6) is -0.169. The second-order valence-corrected chi connectivity index (χ2v) is 7.11. The van der Waals surface area contributed by atoms with E-state index in [4.69, 9.17) is 0 Å². The number of fused-ring (bicyclic) bond motifs is 1. The van der Waals surface area contributed by atoms with Crippen molar-refractivity contribution in [3.8, 4) is 0 Å². The van der Waals surface area contributed by atoms with E-state index in [9.17, 15) is 4.79 Å². The van der Waals surface area contributed by atoms with E-state index < -0.39 is 0 Å². The van der Waals surface area contributed by atoms with Gasteiger partial charge in [0.25, 0.3) is 0 Å². The van der Waals surface area contributed by atoms with Crippen LogP contribution < -0.4 is 5.32 Å². The molecule has 3 nitrogen and oxygen atoms in total. The van der Waals surface area contributed by atoms with Gasteiger partial charge in [0.05, 0.1) is 17.4 Å². The number of hydrogen-bond donors (Lipinski definition) is 1. The van der Waals surface area contributed by atoms with Crippen LogP contribution in [0.25, 0.3) is 17.0 Å². The lowest BCUT2D eigenvalue weighted by atomic mass is 9.87. The number of pyridine rings is 1. The number of rotatable bonds is 3. The number of benzene rings is 2. The Labute approximate surface area is 148 Å². The van der Waals surface area contributed by atoms with E-state index >= 15 is 0 Å². The first-order chi connectivity index (χ1) is 11.9. The molecule has 3 aromatic rings. The topological polar surface area (TPSA) is 42.0 Å². The fourth-order valence-corrected chi connectivity index (χ4v) is 2.59. The molecule has 0 spiro atoms.